The molecule has 0 radical (unpaired) electrons. The van der Waals surface area contributed by atoms with Gasteiger partial charge in [-0.3, -0.25) is 14.4 Å². The van der Waals surface area contributed by atoms with Gasteiger partial charge in [0.1, 0.15) is 13.2 Å². The lowest BCUT2D eigenvalue weighted by molar-refractivity contribution is -0.167. The van der Waals surface area contributed by atoms with E-state index in [0.717, 1.165) is 116 Å². The van der Waals surface area contributed by atoms with Crippen molar-refractivity contribution in [1.29, 1.82) is 0 Å². The molecule has 0 saturated carbocycles. The lowest BCUT2D eigenvalue weighted by Crippen LogP contribution is -2.30. The molecule has 0 aliphatic rings. The van der Waals surface area contributed by atoms with Crippen LogP contribution in [0, 0.1) is 0 Å². The summed E-state index contributed by atoms with van der Waals surface area (Å²) in [5.74, 6) is -1.01. The maximum Gasteiger partial charge on any atom is 0.306 e. The molecule has 0 N–H and O–H groups in total. The lowest BCUT2D eigenvalue weighted by Gasteiger charge is -2.18. The highest BCUT2D eigenvalue weighted by Gasteiger charge is 2.19. The Balaban J connectivity index is 4.53. The molecule has 320 valence electrons. The molecule has 0 aromatic rings. The first-order valence-electron chi connectivity index (χ1n) is 22.4. The molecule has 0 rings (SSSR count). The van der Waals surface area contributed by atoms with E-state index >= 15 is 0 Å². The molecule has 0 spiro atoms. The molecule has 57 heavy (non-hydrogen) atoms. The summed E-state index contributed by atoms with van der Waals surface area (Å²) in [5.41, 5.74) is 0. The second-order valence-corrected chi connectivity index (χ2v) is 14.3. The van der Waals surface area contributed by atoms with Crippen LogP contribution in [0.3, 0.4) is 0 Å². The molecule has 0 aromatic carbocycles. The lowest BCUT2D eigenvalue weighted by atomic mass is 10.1. The Labute approximate surface area is 349 Å². The van der Waals surface area contributed by atoms with Crippen LogP contribution >= 0.6 is 0 Å². The first-order valence-corrected chi connectivity index (χ1v) is 22.4. The Hall–Kier alpha value is -3.93. The Morgan fingerprint density at radius 2 is 0.772 bits per heavy atom. The van der Waals surface area contributed by atoms with Crippen molar-refractivity contribution >= 4 is 17.9 Å². The second kappa shape index (κ2) is 44.8. The molecule has 0 amide bonds. The van der Waals surface area contributed by atoms with Crippen molar-refractivity contribution in [1.82, 2.24) is 0 Å². The summed E-state index contributed by atoms with van der Waals surface area (Å²) in [6, 6.07) is 0. The minimum absolute atomic E-state index is 0.113. The zero-order chi connectivity index (χ0) is 41.5. The van der Waals surface area contributed by atoms with Crippen molar-refractivity contribution in [3.05, 3.63) is 109 Å². The van der Waals surface area contributed by atoms with Gasteiger partial charge in [0.2, 0.25) is 0 Å². The smallest absolute Gasteiger partial charge is 0.306 e. The number of rotatable bonds is 38. The summed E-state index contributed by atoms with van der Waals surface area (Å²) in [6.45, 7) is 6.23. The molecular formula is C51H80O6. The molecule has 0 heterocycles. The summed E-state index contributed by atoms with van der Waals surface area (Å²) < 4.78 is 16.6. The van der Waals surface area contributed by atoms with Crippen LogP contribution < -0.4 is 0 Å². The van der Waals surface area contributed by atoms with Crippen molar-refractivity contribution in [2.24, 2.45) is 0 Å². The number of ether oxygens (including phenoxy) is 3. The van der Waals surface area contributed by atoms with Crippen LogP contribution in [0.4, 0.5) is 0 Å². The van der Waals surface area contributed by atoms with E-state index in [-0.39, 0.29) is 37.5 Å². The maximum atomic E-state index is 12.7. The van der Waals surface area contributed by atoms with E-state index in [2.05, 4.69) is 93.7 Å². The van der Waals surface area contributed by atoms with Crippen molar-refractivity contribution in [2.45, 2.75) is 181 Å². The fourth-order valence-electron chi connectivity index (χ4n) is 5.48. The number of esters is 3. The molecule has 0 bridgehead atoms. The van der Waals surface area contributed by atoms with Gasteiger partial charge in [-0.05, 0) is 96.3 Å². The Kier molecular flexibility index (Phi) is 41.7. The minimum atomic E-state index is -0.815. The topological polar surface area (TPSA) is 78.9 Å². The highest BCUT2D eigenvalue weighted by Crippen LogP contribution is 2.11. The van der Waals surface area contributed by atoms with Crippen LogP contribution in [0.2, 0.25) is 0 Å². The van der Waals surface area contributed by atoms with Gasteiger partial charge in [0.05, 0.1) is 0 Å². The summed E-state index contributed by atoms with van der Waals surface area (Å²) >= 11 is 0. The fraction of sp³-hybridized carbons (Fsp3) is 0.588. The third-order valence-electron chi connectivity index (χ3n) is 8.84. The third kappa shape index (κ3) is 43.0. The SMILES string of the molecule is CC\C=C/C=C\C=C/C=C\CCCCCC(=O)OC(COC(=O)CCCCC/C=C\C/C=C\C/C=C\C/C=C\CC)COC(=O)CCCCCC/C=C\CCCC. The zero-order valence-electron chi connectivity index (χ0n) is 36.3. The van der Waals surface area contributed by atoms with Gasteiger partial charge in [-0.1, -0.05) is 169 Å². The molecule has 1 unspecified atom stereocenters. The molecule has 6 heteroatoms. The van der Waals surface area contributed by atoms with E-state index in [1.807, 2.05) is 36.5 Å². The summed E-state index contributed by atoms with van der Waals surface area (Å²) in [4.78, 5) is 37.7. The van der Waals surface area contributed by atoms with Crippen molar-refractivity contribution in [3.8, 4) is 0 Å². The summed E-state index contributed by atoms with van der Waals surface area (Å²) in [7, 11) is 0. The van der Waals surface area contributed by atoms with E-state index in [9.17, 15) is 14.4 Å². The predicted molar refractivity (Wildman–Crippen MR) is 242 cm³/mol. The molecule has 0 aliphatic heterocycles. The summed E-state index contributed by atoms with van der Waals surface area (Å²) in [5, 5.41) is 0. The van der Waals surface area contributed by atoms with E-state index in [4.69, 9.17) is 14.2 Å². The number of hydrogen-bond acceptors (Lipinski definition) is 6. The Morgan fingerprint density at radius 3 is 1.30 bits per heavy atom. The molecule has 0 aromatic heterocycles. The zero-order valence-corrected chi connectivity index (χ0v) is 36.3. The third-order valence-corrected chi connectivity index (χ3v) is 8.84. The number of carbonyl (C=O) groups is 3. The molecule has 6 nitrogen and oxygen atoms in total. The van der Waals surface area contributed by atoms with E-state index in [1.165, 1.54) is 12.8 Å². The summed E-state index contributed by atoms with van der Waals surface area (Å²) in [6.07, 6.45) is 59.3. The Morgan fingerprint density at radius 1 is 0.386 bits per heavy atom. The molecule has 1 atom stereocenters. The maximum absolute atomic E-state index is 12.7. The van der Waals surface area contributed by atoms with Gasteiger partial charge in [0.25, 0.3) is 0 Å². The van der Waals surface area contributed by atoms with Crippen LogP contribution in [-0.2, 0) is 28.6 Å². The first-order chi connectivity index (χ1) is 28.0. The van der Waals surface area contributed by atoms with E-state index in [1.54, 1.807) is 0 Å². The number of unbranched alkanes of at least 4 members (excludes halogenated alkanes) is 12. The van der Waals surface area contributed by atoms with Gasteiger partial charge >= 0.3 is 17.9 Å². The number of allylic oxidation sites excluding steroid dienone is 18. The van der Waals surface area contributed by atoms with Gasteiger partial charge in [0, 0.05) is 19.3 Å². The van der Waals surface area contributed by atoms with Gasteiger partial charge in [-0.25, -0.2) is 0 Å². The van der Waals surface area contributed by atoms with Gasteiger partial charge in [0.15, 0.2) is 6.10 Å². The number of carbonyl (C=O) groups excluding carboxylic acids is 3. The van der Waals surface area contributed by atoms with E-state index < -0.39 is 6.10 Å². The quantitative estimate of drug-likeness (QED) is 0.0204. The largest absolute Gasteiger partial charge is 0.462 e. The van der Waals surface area contributed by atoms with E-state index in [0.29, 0.717) is 19.3 Å². The van der Waals surface area contributed by atoms with Gasteiger partial charge in [-0.15, -0.1) is 0 Å². The van der Waals surface area contributed by atoms with Crippen LogP contribution in [0.25, 0.3) is 0 Å². The number of hydrogen-bond donors (Lipinski definition) is 0. The van der Waals surface area contributed by atoms with Gasteiger partial charge in [-0.2, -0.15) is 0 Å². The van der Waals surface area contributed by atoms with Gasteiger partial charge < -0.3 is 14.2 Å². The van der Waals surface area contributed by atoms with Crippen molar-refractivity contribution in [3.63, 3.8) is 0 Å². The minimum Gasteiger partial charge on any atom is -0.462 e. The fourth-order valence-corrected chi connectivity index (χ4v) is 5.48. The average Bonchev–Trinajstić information content (AvgIpc) is 3.21. The normalized spacial score (nSPS) is 13.1. The van der Waals surface area contributed by atoms with Crippen molar-refractivity contribution < 1.29 is 28.6 Å². The van der Waals surface area contributed by atoms with Crippen molar-refractivity contribution in [2.75, 3.05) is 13.2 Å². The predicted octanol–water partition coefficient (Wildman–Crippen LogP) is 14.4. The average molecular weight is 789 g/mol. The molecule has 0 saturated heterocycles. The van der Waals surface area contributed by atoms with Crippen LogP contribution in [0.1, 0.15) is 175 Å². The van der Waals surface area contributed by atoms with Crippen LogP contribution in [0.5, 0.6) is 0 Å². The second-order valence-electron chi connectivity index (χ2n) is 14.3. The highest BCUT2D eigenvalue weighted by molar-refractivity contribution is 5.71. The van der Waals surface area contributed by atoms with Crippen LogP contribution in [0.15, 0.2) is 109 Å². The van der Waals surface area contributed by atoms with Crippen LogP contribution in [-0.4, -0.2) is 37.2 Å². The highest BCUT2D eigenvalue weighted by atomic mass is 16.6. The molecular weight excluding hydrogens is 709 g/mol. The Bertz CT molecular complexity index is 1230. The molecule has 0 aliphatic carbocycles. The molecule has 0 fully saturated rings. The monoisotopic (exact) mass is 789 g/mol. The standard InChI is InChI=1S/C51H80O6/c1-4-7-10-13-16-19-22-24-25-26-28-29-32-35-38-41-44-50(53)56-47-48(46-55-49(52)43-40-37-34-31-21-18-15-12-9-6-3)57-51(54)45-42-39-36-33-30-27-23-20-17-14-11-8-5-2/h7-8,10-11,14-20,23-25,27-30,48H,4-6,9,12-13,21-22,26,31-47H2,1-3H3/b10-7-,11-8-,17-14-,18-15-,19-16-,23-20-,25-24-,29-28-,30-27-. The first kappa shape index (κ1) is 53.1.